The van der Waals surface area contributed by atoms with E-state index >= 15 is 0 Å². The molecule has 2 aromatic carbocycles. The summed E-state index contributed by atoms with van der Waals surface area (Å²) in [6, 6.07) is 12.5. The Morgan fingerprint density at radius 2 is 2.00 bits per heavy atom. The summed E-state index contributed by atoms with van der Waals surface area (Å²) in [7, 11) is 5.37. The summed E-state index contributed by atoms with van der Waals surface area (Å²) in [5.74, 6) is 0.192. The quantitative estimate of drug-likeness (QED) is 0.833. The van der Waals surface area contributed by atoms with Gasteiger partial charge >= 0.3 is 0 Å². The number of nitrogens with zero attached hydrogens (tertiary/aromatic N) is 1. The van der Waals surface area contributed by atoms with E-state index in [-0.39, 0.29) is 11.7 Å². The summed E-state index contributed by atoms with van der Waals surface area (Å²) in [4.78, 5) is 13.9. The van der Waals surface area contributed by atoms with Crippen LogP contribution in [0.3, 0.4) is 0 Å². The molecule has 0 bridgehead atoms. The summed E-state index contributed by atoms with van der Waals surface area (Å²) < 4.78 is 4.98. The molecule has 0 aliphatic heterocycles. The molecule has 0 saturated heterocycles. The maximum absolute atomic E-state index is 12.0. The molecule has 2 rings (SSSR count). The van der Waals surface area contributed by atoms with E-state index in [2.05, 4.69) is 5.32 Å². The van der Waals surface area contributed by atoms with Gasteiger partial charge < -0.3 is 20.1 Å². The standard InChI is InChI=1S/C18H20N2O3/c1-20(2)15-6-4-5-14(12-15)19-18(22)10-8-13-7-9-17(23-3)16(21)11-13/h4-12,21H,1-3H3,(H,19,22)/b10-8+. The van der Waals surface area contributed by atoms with Crippen molar-refractivity contribution in [2.45, 2.75) is 0 Å². The Bertz CT molecular complexity index is 724. The summed E-state index contributed by atoms with van der Waals surface area (Å²) in [6.07, 6.45) is 3.05. The average Bonchev–Trinajstić information content (AvgIpc) is 2.53. The molecule has 0 aromatic heterocycles. The van der Waals surface area contributed by atoms with Gasteiger partial charge in [0.1, 0.15) is 0 Å². The number of hydrogen-bond donors (Lipinski definition) is 2. The Kier molecular flexibility index (Phi) is 5.25. The highest BCUT2D eigenvalue weighted by Gasteiger charge is 2.03. The Morgan fingerprint density at radius 1 is 1.22 bits per heavy atom. The maximum atomic E-state index is 12.0. The van der Waals surface area contributed by atoms with E-state index in [0.29, 0.717) is 11.3 Å². The number of anilines is 2. The lowest BCUT2D eigenvalue weighted by Crippen LogP contribution is -2.11. The summed E-state index contributed by atoms with van der Waals surface area (Å²) in [5.41, 5.74) is 2.44. The normalized spacial score (nSPS) is 10.6. The fourth-order valence-electron chi connectivity index (χ4n) is 2.03. The number of hydrogen-bond acceptors (Lipinski definition) is 4. The van der Waals surface area contributed by atoms with Gasteiger partial charge in [-0.1, -0.05) is 12.1 Å². The number of carbonyl (C=O) groups is 1. The van der Waals surface area contributed by atoms with Gasteiger partial charge in [-0.25, -0.2) is 0 Å². The zero-order valence-electron chi connectivity index (χ0n) is 13.4. The number of phenolic OH excluding ortho intramolecular Hbond substituents is 1. The number of carbonyl (C=O) groups excluding carboxylic acids is 1. The van der Waals surface area contributed by atoms with Crippen LogP contribution in [0.25, 0.3) is 6.08 Å². The molecule has 0 spiro atoms. The first kappa shape index (κ1) is 16.4. The van der Waals surface area contributed by atoms with Gasteiger partial charge in [0.2, 0.25) is 5.91 Å². The van der Waals surface area contributed by atoms with E-state index < -0.39 is 0 Å². The fourth-order valence-corrected chi connectivity index (χ4v) is 2.03. The minimum absolute atomic E-state index is 0.0359. The van der Waals surface area contributed by atoms with Crippen LogP contribution in [0.15, 0.2) is 48.5 Å². The van der Waals surface area contributed by atoms with Crippen LogP contribution in [0.5, 0.6) is 11.5 Å². The first-order valence-corrected chi connectivity index (χ1v) is 7.13. The fraction of sp³-hybridized carbons (Fsp3) is 0.167. The zero-order valence-corrected chi connectivity index (χ0v) is 13.4. The molecule has 0 saturated carbocycles. The monoisotopic (exact) mass is 312 g/mol. The molecule has 0 radical (unpaired) electrons. The summed E-state index contributed by atoms with van der Waals surface area (Å²) >= 11 is 0. The molecule has 2 N–H and O–H groups in total. The molecule has 0 aliphatic carbocycles. The van der Waals surface area contributed by atoms with Crippen LogP contribution < -0.4 is 15.0 Å². The molecule has 5 nitrogen and oxygen atoms in total. The van der Waals surface area contributed by atoms with Crippen molar-refractivity contribution in [3.05, 3.63) is 54.1 Å². The van der Waals surface area contributed by atoms with Crippen LogP contribution in [0.2, 0.25) is 0 Å². The third-order valence-corrected chi connectivity index (χ3v) is 3.26. The third kappa shape index (κ3) is 4.51. The minimum atomic E-state index is -0.240. The Labute approximate surface area is 135 Å². The number of phenols is 1. The maximum Gasteiger partial charge on any atom is 0.248 e. The number of amides is 1. The van der Waals surface area contributed by atoms with Crippen LogP contribution in [-0.2, 0) is 4.79 Å². The van der Waals surface area contributed by atoms with Crippen LogP contribution in [0, 0.1) is 0 Å². The predicted octanol–water partition coefficient (Wildman–Crippen LogP) is 3.12. The van der Waals surface area contributed by atoms with Crippen molar-refractivity contribution in [3.63, 3.8) is 0 Å². The van der Waals surface area contributed by atoms with Crippen molar-refractivity contribution in [2.24, 2.45) is 0 Å². The van der Waals surface area contributed by atoms with Crippen LogP contribution >= 0.6 is 0 Å². The van der Waals surface area contributed by atoms with Gasteiger partial charge in [-0.05, 0) is 42.0 Å². The van der Waals surface area contributed by atoms with Crippen LogP contribution in [-0.4, -0.2) is 32.2 Å². The van der Waals surface area contributed by atoms with Crippen LogP contribution in [0.4, 0.5) is 11.4 Å². The molecule has 1 amide bonds. The largest absolute Gasteiger partial charge is 0.504 e. The van der Waals surface area contributed by atoms with Crippen molar-refractivity contribution in [1.82, 2.24) is 0 Å². The smallest absolute Gasteiger partial charge is 0.248 e. The van der Waals surface area contributed by atoms with E-state index in [9.17, 15) is 9.90 Å². The summed E-state index contributed by atoms with van der Waals surface area (Å²) in [5, 5.41) is 12.5. The van der Waals surface area contributed by atoms with Crippen molar-refractivity contribution in [1.29, 1.82) is 0 Å². The van der Waals surface area contributed by atoms with Crippen molar-refractivity contribution in [3.8, 4) is 11.5 Å². The second kappa shape index (κ2) is 7.35. The Morgan fingerprint density at radius 3 is 2.65 bits per heavy atom. The highest BCUT2D eigenvalue weighted by Crippen LogP contribution is 2.26. The number of aromatic hydroxyl groups is 1. The molecular formula is C18H20N2O3. The van der Waals surface area contributed by atoms with E-state index in [1.807, 2.05) is 43.3 Å². The van der Waals surface area contributed by atoms with Gasteiger partial charge in [-0.2, -0.15) is 0 Å². The Balaban J connectivity index is 2.04. The number of ether oxygens (including phenoxy) is 1. The predicted molar refractivity (Wildman–Crippen MR) is 93.1 cm³/mol. The number of benzene rings is 2. The molecule has 0 aliphatic rings. The van der Waals surface area contributed by atoms with Gasteiger partial charge in [-0.3, -0.25) is 4.79 Å². The molecule has 5 heteroatoms. The van der Waals surface area contributed by atoms with Crippen molar-refractivity contribution < 1.29 is 14.6 Å². The molecule has 0 heterocycles. The number of methoxy groups -OCH3 is 1. The van der Waals surface area contributed by atoms with Gasteiger partial charge in [0.05, 0.1) is 7.11 Å². The van der Waals surface area contributed by atoms with E-state index in [1.54, 1.807) is 18.2 Å². The topological polar surface area (TPSA) is 61.8 Å². The van der Waals surface area contributed by atoms with E-state index in [0.717, 1.165) is 11.4 Å². The Hall–Kier alpha value is -2.95. The molecule has 0 atom stereocenters. The van der Waals surface area contributed by atoms with E-state index in [4.69, 9.17) is 4.74 Å². The highest BCUT2D eigenvalue weighted by molar-refractivity contribution is 6.02. The van der Waals surface area contributed by atoms with Gasteiger partial charge in [0.25, 0.3) is 0 Å². The summed E-state index contributed by atoms with van der Waals surface area (Å²) in [6.45, 7) is 0. The average molecular weight is 312 g/mol. The third-order valence-electron chi connectivity index (χ3n) is 3.26. The number of rotatable bonds is 5. The van der Waals surface area contributed by atoms with Gasteiger partial charge in [0.15, 0.2) is 11.5 Å². The lowest BCUT2D eigenvalue weighted by atomic mass is 10.2. The zero-order chi connectivity index (χ0) is 16.8. The van der Waals surface area contributed by atoms with Crippen molar-refractivity contribution in [2.75, 3.05) is 31.4 Å². The second-order valence-electron chi connectivity index (χ2n) is 5.20. The molecular weight excluding hydrogens is 292 g/mol. The first-order valence-electron chi connectivity index (χ1n) is 7.13. The molecule has 23 heavy (non-hydrogen) atoms. The number of nitrogens with one attached hydrogen (secondary N) is 1. The van der Waals surface area contributed by atoms with Gasteiger partial charge in [-0.15, -0.1) is 0 Å². The van der Waals surface area contributed by atoms with Crippen molar-refractivity contribution >= 4 is 23.4 Å². The lowest BCUT2D eigenvalue weighted by Gasteiger charge is -2.13. The molecule has 0 unspecified atom stereocenters. The van der Waals surface area contributed by atoms with Crippen LogP contribution in [0.1, 0.15) is 5.56 Å². The first-order chi connectivity index (χ1) is 11.0. The molecule has 0 fully saturated rings. The van der Waals surface area contributed by atoms with E-state index in [1.165, 1.54) is 19.3 Å². The lowest BCUT2D eigenvalue weighted by molar-refractivity contribution is -0.111. The SMILES string of the molecule is COc1ccc(/C=C/C(=O)Nc2cccc(N(C)C)c2)cc1O. The molecule has 2 aromatic rings. The molecule has 120 valence electrons. The highest BCUT2D eigenvalue weighted by atomic mass is 16.5. The second-order valence-corrected chi connectivity index (χ2v) is 5.20. The minimum Gasteiger partial charge on any atom is -0.504 e. The van der Waals surface area contributed by atoms with Gasteiger partial charge in [0, 0.05) is 31.5 Å².